The van der Waals surface area contributed by atoms with Crippen LogP contribution in [0.1, 0.15) is 80.1 Å². The van der Waals surface area contributed by atoms with Crippen molar-refractivity contribution in [3.8, 4) is 11.1 Å². The van der Waals surface area contributed by atoms with Crippen molar-refractivity contribution in [3.63, 3.8) is 0 Å². The van der Waals surface area contributed by atoms with Crippen molar-refractivity contribution in [1.82, 2.24) is 15.1 Å². The summed E-state index contributed by atoms with van der Waals surface area (Å²) in [6.07, 6.45) is 4.20. The number of likely N-dealkylation sites (tertiary alicyclic amines) is 2. The van der Waals surface area contributed by atoms with Crippen LogP contribution in [-0.2, 0) is 32.2 Å². The molecule has 256 valence electrons. The molecular weight excluding hydrogens is 606 g/mol. The Hall–Kier alpha value is -3.60. The van der Waals surface area contributed by atoms with E-state index in [0.29, 0.717) is 12.6 Å². The number of aliphatic carboxylic acids is 1. The number of rotatable bonds is 13. The Balaban J connectivity index is 1.17. The zero-order chi connectivity index (χ0) is 33.5. The van der Waals surface area contributed by atoms with Gasteiger partial charge < -0.3 is 29.9 Å². The summed E-state index contributed by atoms with van der Waals surface area (Å²) in [4.78, 5) is 28.1. The fourth-order valence-electron chi connectivity index (χ4n) is 7.37. The highest BCUT2D eigenvalue weighted by molar-refractivity contribution is 5.80. The molecule has 0 aromatic heterocycles. The molecule has 3 N–H and O–H groups in total. The molecule has 5 atom stereocenters. The van der Waals surface area contributed by atoms with Crippen LogP contribution in [0.2, 0.25) is 0 Å². The average Bonchev–Trinajstić information content (AvgIpc) is 3.80. The minimum atomic E-state index is -0.981. The van der Waals surface area contributed by atoms with Gasteiger partial charge in [0.1, 0.15) is 0 Å². The summed E-state index contributed by atoms with van der Waals surface area (Å²) >= 11 is 0. The first-order valence-corrected chi connectivity index (χ1v) is 17.5. The van der Waals surface area contributed by atoms with Gasteiger partial charge in [-0.25, -0.2) is 0 Å². The van der Waals surface area contributed by atoms with Gasteiger partial charge >= 0.3 is 5.97 Å². The molecule has 0 spiro atoms. The second kappa shape index (κ2) is 16.2. The van der Waals surface area contributed by atoms with Crippen molar-refractivity contribution in [3.05, 3.63) is 95.1 Å². The van der Waals surface area contributed by atoms with Gasteiger partial charge in [-0.05, 0) is 79.2 Å². The van der Waals surface area contributed by atoms with E-state index in [1.807, 2.05) is 36.4 Å². The van der Waals surface area contributed by atoms with Gasteiger partial charge in [0.15, 0.2) is 6.29 Å². The van der Waals surface area contributed by atoms with Crippen LogP contribution in [0.4, 0.5) is 0 Å². The van der Waals surface area contributed by atoms with E-state index < -0.39 is 12.3 Å². The largest absolute Gasteiger partial charge is 0.481 e. The average molecular weight is 656 g/mol. The van der Waals surface area contributed by atoms with Gasteiger partial charge in [-0.3, -0.25) is 14.5 Å². The molecule has 1 amide bonds. The molecule has 3 aromatic carbocycles. The third-order valence-corrected chi connectivity index (χ3v) is 10.2. The summed E-state index contributed by atoms with van der Waals surface area (Å²) in [6.45, 7) is 8.15. The predicted octanol–water partition coefficient (Wildman–Crippen LogP) is 5.68. The maximum Gasteiger partial charge on any atom is 0.303 e. The van der Waals surface area contributed by atoms with Crippen molar-refractivity contribution < 1.29 is 29.3 Å². The molecule has 0 radical (unpaired) electrons. The molecule has 0 aliphatic carbocycles. The molecule has 9 nitrogen and oxygen atoms in total. The van der Waals surface area contributed by atoms with Crippen LogP contribution in [0.3, 0.4) is 0 Å². The predicted molar refractivity (Wildman–Crippen MR) is 184 cm³/mol. The fraction of sp³-hybridized carbons (Fsp3) is 0.487. The standard InChI is InChI=1S/C39H49N3O6/c1-27-35(25-42-21-5-8-34(42)24-41-19-2-3-20-41)47-39(48-38(27)31-11-9-28(26-43)10-12-31)32-15-13-30(14-16-32)33-7-4-6-29(22-33)23-40-36(44)17-18-37(45)46/h4,6-7,9-16,22,27,34-35,38-39,43H,2-3,5,8,17-21,23-26H2,1H3,(H,40,44)(H,45,46). The van der Waals surface area contributed by atoms with Crippen molar-refractivity contribution in [2.45, 2.75) is 83.1 Å². The number of carbonyl (C=O) groups excluding carboxylic acids is 1. The maximum atomic E-state index is 12.0. The lowest BCUT2D eigenvalue weighted by molar-refractivity contribution is -0.276. The molecule has 6 rings (SSSR count). The Morgan fingerprint density at radius 3 is 2.31 bits per heavy atom. The molecule has 0 saturated carbocycles. The third-order valence-electron chi connectivity index (χ3n) is 10.2. The number of ether oxygens (including phenoxy) is 2. The van der Waals surface area contributed by atoms with Crippen LogP contribution in [0, 0.1) is 5.92 Å². The Morgan fingerprint density at radius 1 is 0.833 bits per heavy atom. The quantitative estimate of drug-likeness (QED) is 0.216. The van der Waals surface area contributed by atoms with E-state index in [-0.39, 0.29) is 43.5 Å². The van der Waals surface area contributed by atoms with E-state index in [0.717, 1.165) is 53.0 Å². The monoisotopic (exact) mass is 655 g/mol. The maximum absolute atomic E-state index is 12.0. The van der Waals surface area contributed by atoms with E-state index in [2.05, 4.69) is 58.4 Å². The highest BCUT2D eigenvalue weighted by Crippen LogP contribution is 2.42. The number of aliphatic hydroxyl groups is 1. The van der Waals surface area contributed by atoms with Crippen LogP contribution in [0.5, 0.6) is 0 Å². The Kier molecular flexibility index (Phi) is 11.6. The summed E-state index contributed by atoms with van der Waals surface area (Å²) in [5, 5.41) is 21.3. The van der Waals surface area contributed by atoms with Crippen LogP contribution in [-0.4, -0.2) is 76.8 Å². The van der Waals surface area contributed by atoms with Crippen molar-refractivity contribution in [1.29, 1.82) is 0 Å². The van der Waals surface area contributed by atoms with Crippen molar-refractivity contribution in [2.24, 2.45) is 5.92 Å². The zero-order valence-corrected chi connectivity index (χ0v) is 27.9. The fourth-order valence-corrected chi connectivity index (χ4v) is 7.37. The van der Waals surface area contributed by atoms with Gasteiger partial charge in [-0.15, -0.1) is 0 Å². The minimum absolute atomic E-state index is 0.00693. The van der Waals surface area contributed by atoms with Gasteiger partial charge in [-0.2, -0.15) is 0 Å². The topological polar surface area (TPSA) is 112 Å². The lowest BCUT2D eigenvalue weighted by atomic mass is 9.89. The molecular formula is C39H49N3O6. The summed E-state index contributed by atoms with van der Waals surface area (Å²) in [6, 6.07) is 25.0. The van der Waals surface area contributed by atoms with Crippen LogP contribution >= 0.6 is 0 Å². The Labute approximate surface area is 283 Å². The number of carbonyl (C=O) groups is 2. The van der Waals surface area contributed by atoms with Crippen LogP contribution in [0.25, 0.3) is 11.1 Å². The first kappa shape index (κ1) is 34.3. The van der Waals surface area contributed by atoms with Crippen LogP contribution in [0.15, 0.2) is 72.8 Å². The van der Waals surface area contributed by atoms with E-state index in [9.17, 15) is 14.7 Å². The number of nitrogens with zero attached hydrogens (tertiary/aromatic N) is 2. The van der Waals surface area contributed by atoms with E-state index >= 15 is 0 Å². The number of carboxylic acids is 1. The zero-order valence-electron chi connectivity index (χ0n) is 27.9. The lowest BCUT2D eigenvalue weighted by Crippen LogP contribution is -2.48. The highest BCUT2D eigenvalue weighted by Gasteiger charge is 2.40. The molecule has 5 unspecified atom stereocenters. The van der Waals surface area contributed by atoms with Crippen molar-refractivity contribution >= 4 is 11.9 Å². The molecule has 3 aliphatic rings. The van der Waals surface area contributed by atoms with Gasteiger partial charge in [0, 0.05) is 43.6 Å². The molecule has 9 heteroatoms. The van der Waals surface area contributed by atoms with Crippen LogP contribution < -0.4 is 5.32 Å². The molecule has 3 saturated heterocycles. The lowest BCUT2D eigenvalue weighted by Gasteiger charge is -2.43. The van der Waals surface area contributed by atoms with Gasteiger partial charge in [0.2, 0.25) is 5.91 Å². The number of hydrogen-bond acceptors (Lipinski definition) is 7. The highest BCUT2D eigenvalue weighted by atomic mass is 16.7. The molecule has 3 fully saturated rings. The summed E-state index contributed by atoms with van der Waals surface area (Å²) in [7, 11) is 0. The third kappa shape index (κ3) is 8.70. The van der Waals surface area contributed by atoms with E-state index in [4.69, 9.17) is 14.6 Å². The Bertz CT molecular complexity index is 1510. The molecule has 0 bridgehead atoms. The van der Waals surface area contributed by atoms with Gasteiger partial charge in [0.25, 0.3) is 0 Å². The molecule has 3 aliphatic heterocycles. The minimum Gasteiger partial charge on any atom is -0.481 e. The van der Waals surface area contributed by atoms with Gasteiger partial charge in [-0.1, -0.05) is 73.7 Å². The number of nitrogens with one attached hydrogen (secondary N) is 1. The number of benzene rings is 3. The van der Waals surface area contributed by atoms with E-state index in [1.165, 1.54) is 38.8 Å². The SMILES string of the molecule is CC1C(CN2CCCC2CN2CCCC2)OC(c2ccc(-c3cccc(CNC(=O)CCC(=O)O)c3)cc2)OC1c1ccc(CO)cc1. The Morgan fingerprint density at radius 2 is 1.58 bits per heavy atom. The second-order valence-electron chi connectivity index (χ2n) is 13.6. The number of hydrogen-bond donors (Lipinski definition) is 3. The summed E-state index contributed by atoms with van der Waals surface area (Å²) in [5.41, 5.74) is 5.94. The number of amides is 1. The molecule has 48 heavy (non-hydrogen) atoms. The second-order valence-corrected chi connectivity index (χ2v) is 13.6. The normalized spacial score (nSPS) is 24.9. The molecule has 3 aromatic rings. The summed E-state index contributed by atoms with van der Waals surface area (Å²) < 4.78 is 13.6. The first-order valence-electron chi connectivity index (χ1n) is 17.5. The van der Waals surface area contributed by atoms with Gasteiger partial charge in [0.05, 0.1) is 25.2 Å². The van der Waals surface area contributed by atoms with Crippen molar-refractivity contribution in [2.75, 3.05) is 32.7 Å². The first-order chi connectivity index (χ1) is 23.4. The number of aliphatic hydroxyl groups excluding tert-OH is 1. The summed E-state index contributed by atoms with van der Waals surface area (Å²) in [5.74, 6) is -1.12. The smallest absolute Gasteiger partial charge is 0.303 e. The van der Waals surface area contributed by atoms with E-state index in [1.54, 1.807) is 0 Å². The molecule has 3 heterocycles. The number of carboxylic acid groups (broad SMARTS) is 1.